The molecule has 0 aliphatic carbocycles. The Labute approximate surface area is 391 Å². The molecule has 0 fully saturated rings. The number of unbranched alkanes of at least 4 members (excludes halogenated alkanes) is 24. The molecule has 4 rings (SSSR count). The molecule has 0 saturated heterocycles. The number of fused-ring (bicyclic) bond motifs is 1. The van der Waals surface area contributed by atoms with Crippen LogP contribution < -0.4 is 0 Å². The van der Waals surface area contributed by atoms with Gasteiger partial charge in [-0.25, -0.2) is 8.78 Å². The molecule has 0 N–H and O–H groups in total. The highest BCUT2D eigenvalue weighted by Crippen LogP contribution is 2.44. The van der Waals surface area contributed by atoms with Crippen LogP contribution in [0.4, 0.5) is 8.78 Å². The van der Waals surface area contributed by atoms with E-state index >= 15 is 8.78 Å². The highest BCUT2D eigenvalue weighted by atomic mass is 32.1. The third-order valence-corrected chi connectivity index (χ3v) is 16.3. The van der Waals surface area contributed by atoms with Crippen LogP contribution in [0.3, 0.4) is 0 Å². The van der Waals surface area contributed by atoms with Crippen molar-refractivity contribution in [3.63, 3.8) is 0 Å². The lowest BCUT2D eigenvalue weighted by atomic mass is 9.88. The highest BCUT2D eigenvalue weighted by molar-refractivity contribution is 7.15. The molecule has 2 atom stereocenters. The molecule has 0 saturated carbocycles. The molecule has 3 aromatic heterocycles. The van der Waals surface area contributed by atoms with E-state index in [0.29, 0.717) is 34.0 Å². The number of hydrogen-bond acceptors (Lipinski definition) is 5. The SMILES string of the molecule is CCCCCCCCCCC(CCCCCCCC)Cc1csc(-c2c(F)c(F)c(-c3cc(CC(CCCCCCCC)CCCCCCCCCC)c(C)s3)c3nsnc23)c1. The van der Waals surface area contributed by atoms with E-state index in [0.717, 1.165) is 34.3 Å². The van der Waals surface area contributed by atoms with Gasteiger partial charge < -0.3 is 0 Å². The van der Waals surface area contributed by atoms with E-state index in [1.54, 1.807) is 11.3 Å². The Bertz CT molecular complexity index is 1740. The van der Waals surface area contributed by atoms with Crippen molar-refractivity contribution in [1.82, 2.24) is 8.75 Å². The Morgan fingerprint density at radius 3 is 1.26 bits per heavy atom. The van der Waals surface area contributed by atoms with Crippen LogP contribution in [-0.2, 0) is 12.8 Å². The van der Waals surface area contributed by atoms with E-state index < -0.39 is 11.6 Å². The van der Waals surface area contributed by atoms with E-state index in [2.05, 4.69) is 60.9 Å². The molecule has 0 aliphatic heterocycles. The van der Waals surface area contributed by atoms with Gasteiger partial charge in [0.25, 0.3) is 0 Å². The zero-order valence-electron chi connectivity index (χ0n) is 40.3. The molecule has 3 heterocycles. The van der Waals surface area contributed by atoms with E-state index in [1.165, 1.54) is 233 Å². The molecule has 62 heavy (non-hydrogen) atoms. The van der Waals surface area contributed by atoms with Crippen molar-refractivity contribution >= 4 is 45.4 Å². The Kier molecular flexibility index (Phi) is 27.4. The third-order valence-electron chi connectivity index (χ3n) is 13.7. The first kappa shape index (κ1) is 52.9. The molecule has 2 nitrogen and oxygen atoms in total. The first-order valence-corrected chi connectivity index (χ1v) is 28.6. The summed E-state index contributed by atoms with van der Waals surface area (Å²) in [6, 6.07) is 4.30. The van der Waals surface area contributed by atoms with Crippen LogP contribution in [0.1, 0.15) is 249 Å². The first-order valence-electron chi connectivity index (χ1n) is 26.2. The quantitative estimate of drug-likeness (QED) is 0.0419. The van der Waals surface area contributed by atoms with Gasteiger partial charge in [0.05, 0.1) is 22.9 Å². The lowest BCUT2D eigenvalue weighted by molar-refractivity contribution is 0.400. The number of benzene rings is 1. The molecular formula is C55H88F2N2S3. The van der Waals surface area contributed by atoms with Gasteiger partial charge in [-0.2, -0.15) is 8.75 Å². The fourth-order valence-electron chi connectivity index (χ4n) is 9.75. The van der Waals surface area contributed by atoms with Crippen LogP contribution in [0.25, 0.3) is 31.9 Å². The predicted molar refractivity (Wildman–Crippen MR) is 274 cm³/mol. The Balaban J connectivity index is 1.46. The van der Waals surface area contributed by atoms with Gasteiger partial charge in [0, 0.05) is 14.6 Å². The Morgan fingerprint density at radius 1 is 0.468 bits per heavy atom. The molecule has 2 unspecified atom stereocenters. The standard InChI is InChI=1S/C55H88F2N2S3/c1-6-10-14-18-22-24-28-31-35-44(34-30-26-20-16-12-8-3)38-46-40-48(60-42-46)50-52(56)53(57)51(55-54(50)58-62-59-55)49-41-47(43(5)61-49)39-45(36-32-27-21-17-13-9-4)37-33-29-25-23-19-15-11-7-2/h40-42,44-45H,6-39H2,1-5H3. The molecular weight excluding hydrogens is 823 g/mol. The van der Waals surface area contributed by atoms with Crippen molar-refractivity contribution in [1.29, 1.82) is 0 Å². The van der Waals surface area contributed by atoms with E-state index in [1.807, 2.05) is 0 Å². The summed E-state index contributed by atoms with van der Waals surface area (Å²) in [6.45, 7) is 11.3. The lowest BCUT2D eigenvalue weighted by Gasteiger charge is -2.17. The first-order chi connectivity index (χ1) is 30.4. The second-order valence-electron chi connectivity index (χ2n) is 19.1. The van der Waals surface area contributed by atoms with Crippen LogP contribution in [0.15, 0.2) is 17.5 Å². The normalized spacial score (nSPS) is 12.9. The Morgan fingerprint density at radius 2 is 0.839 bits per heavy atom. The number of rotatable bonds is 38. The summed E-state index contributed by atoms with van der Waals surface area (Å²) in [5.41, 5.74) is 4.15. The number of halogens is 2. The maximum absolute atomic E-state index is 16.6. The molecule has 7 heteroatoms. The smallest absolute Gasteiger partial charge is 0.170 e. The van der Waals surface area contributed by atoms with Crippen LogP contribution in [0, 0.1) is 30.4 Å². The molecule has 0 aliphatic rings. The van der Waals surface area contributed by atoms with E-state index in [4.69, 9.17) is 0 Å². The van der Waals surface area contributed by atoms with E-state index in [-0.39, 0.29) is 0 Å². The molecule has 0 radical (unpaired) electrons. The minimum absolute atomic E-state index is 0.291. The fourth-order valence-corrected chi connectivity index (χ4v) is 12.4. The second-order valence-corrected chi connectivity index (χ2v) is 21.8. The predicted octanol–water partition coefficient (Wildman–Crippen LogP) is 20.6. The topological polar surface area (TPSA) is 25.8 Å². The summed E-state index contributed by atoms with van der Waals surface area (Å²) in [4.78, 5) is 2.77. The van der Waals surface area contributed by atoms with Crippen molar-refractivity contribution in [2.45, 2.75) is 253 Å². The molecule has 1 aromatic carbocycles. The average Bonchev–Trinajstić information content (AvgIpc) is 4.03. The van der Waals surface area contributed by atoms with Gasteiger partial charge in [0.1, 0.15) is 11.0 Å². The number of thiophene rings is 2. The van der Waals surface area contributed by atoms with Gasteiger partial charge in [0.2, 0.25) is 0 Å². The molecule has 4 aromatic rings. The van der Waals surface area contributed by atoms with Crippen molar-refractivity contribution in [3.8, 4) is 20.9 Å². The summed E-state index contributed by atoms with van der Waals surface area (Å²) in [5, 5.41) is 2.19. The minimum atomic E-state index is -0.778. The van der Waals surface area contributed by atoms with Crippen molar-refractivity contribution < 1.29 is 8.78 Å². The summed E-state index contributed by atoms with van der Waals surface area (Å²) < 4.78 is 42.5. The summed E-state index contributed by atoms with van der Waals surface area (Å²) in [5.74, 6) is -0.290. The van der Waals surface area contributed by atoms with Gasteiger partial charge in [-0.3, -0.25) is 0 Å². The summed E-state index contributed by atoms with van der Waals surface area (Å²) in [6.07, 6.45) is 44.4. The number of hydrogen-bond donors (Lipinski definition) is 0. The fraction of sp³-hybridized carbons (Fsp3) is 0.745. The molecule has 350 valence electrons. The van der Waals surface area contributed by atoms with Gasteiger partial charge in [-0.05, 0) is 60.2 Å². The monoisotopic (exact) mass is 911 g/mol. The average molecular weight is 912 g/mol. The summed E-state index contributed by atoms with van der Waals surface area (Å²) >= 11 is 4.21. The van der Waals surface area contributed by atoms with Gasteiger partial charge in [0.15, 0.2) is 11.6 Å². The van der Waals surface area contributed by atoms with Crippen LogP contribution in [0.2, 0.25) is 0 Å². The maximum Gasteiger partial charge on any atom is 0.170 e. The zero-order valence-corrected chi connectivity index (χ0v) is 42.8. The largest absolute Gasteiger partial charge is 0.203 e. The summed E-state index contributed by atoms with van der Waals surface area (Å²) in [7, 11) is 0. The van der Waals surface area contributed by atoms with Gasteiger partial charge >= 0.3 is 0 Å². The van der Waals surface area contributed by atoms with Gasteiger partial charge in [-0.1, -0.05) is 233 Å². The van der Waals surface area contributed by atoms with Crippen molar-refractivity contribution in [2.75, 3.05) is 0 Å². The maximum atomic E-state index is 16.6. The van der Waals surface area contributed by atoms with Crippen LogP contribution in [0.5, 0.6) is 0 Å². The molecule has 0 amide bonds. The van der Waals surface area contributed by atoms with Crippen LogP contribution >= 0.6 is 34.4 Å². The van der Waals surface area contributed by atoms with Gasteiger partial charge in [-0.15, -0.1) is 22.7 Å². The number of aromatic nitrogens is 2. The van der Waals surface area contributed by atoms with Crippen LogP contribution in [-0.4, -0.2) is 8.75 Å². The number of aryl methyl sites for hydroxylation is 1. The third kappa shape index (κ3) is 18.7. The lowest BCUT2D eigenvalue weighted by Crippen LogP contribution is -2.05. The van der Waals surface area contributed by atoms with E-state index in [9.17, 15) is 0 Å². The number of nitrogens with zero attached hydrogens (tertiary/aromatic N) is 2. The second kappa shape index (κ2) is 32.1. The zero-order chi connectivity index (χ0) is 44.2. The Hall–Kier alpha value is -1.70. The molecule has 0 spiro atoms. The molecule has 0 bridgehead atoms. The van der Waals surface area contributed by atoms with Crippen molar-refractivity contribution in [2.24, 2.45) is 11.8 Å². The van der Waals surface area contributed by atoms with Crippen molar-refractivity contribution in [3.05, 3.63) is 45.2 Å². The minimum Gasteiger partial charge on any atom is -0.203 e. The highest BCUT2D eigenvalue weighted by Gasteiger charge is 2.28.